The first-order chi connectivity index (χ1) is 12.8. The van der Waals surface area contributed by atoms with E-state index in [4.69, 9.17) is 4.42 Å². The van der Waals surface area contributed by atoms with Gasteiger partial charge in [0.05, 0.1) is 18.0 Å². The summed E-state index contributed by atoms with van der Waals surface area (Å²) >= 11 is 0. The van der Waals surface area contributed by atoms with Gasteiger partial charge in [0.25, 0.3) is 0 Å². The molecule has 1 N–H and O–H groups in total. The third-order valence-corrected chi connectivity index (χ3v) is 6.39. The Balaban J connectivity index is 1.55. The van der Waals surface area contributed by atoms with Crippen LogP contribution in [0.15, 0.2) is 45.7 Å². The molecule has 0 aliphatic carbocycles. The minimum absolute atomic E-state index is 0.170. The smallest absolute Gasteiger partial charge is 0.243 e. The van der Waals surface area contributed by atoms with Crippen molar-refractivity contribution >= 4 is 21.6 Å². The van der Waals surface area contributed by atoms with Crippen molar-refractivity contribution in [3.05, 3.63) is 47.9 Å². The number of rotatable bonds is 7. The Morgan fingerprint density at radius 3 is 2.41 bits per heavy atom. The molecule has 0 radical (unpaired) electrons. The molecule has 0 spiro atoms. The molecule has 146 valence electrons. The first-order valence-electron chi connectivity index (χ1n) is 8.98. The molecule has 1 saturated heterocycles. The molecule has 2 heterocycles. The van der Waals surface area contributed by atoms with Gasteiger partial charge in [0, 0.05) is 18.8 Å². The number of carbonyl (C=O) groups is 1. The fourth-order valence-electron chi connectivity index (χ4n) is 3.13. The minimum atomic E-state index is -3.43. The van der Waals surface area contributed by atoms with E-state index in [9.17, 15) is 13.2 Å². The number of hydrogen-bond acceptors (Lipinski definition) is 5. The fraction of sp³-hybridized carbons (Fsp3) is 0.421. The van der Waals surface area contributed by atoms with Crippen LogP contribution >= 0.6 is 0 Å². The van der Waals surface area contributed by atoms with Crippen LogP contribution in [0.5, 0.6) is 0 Å². The van der Waals surface area contributed by atoms with Crippen LogP contribution in [0, 0.1) is 6.92 Å². The third kappa shape index (κ3) is 4.97. The van der Waals surface area contributed by atoms with Crippen molar-refractivity contribution in [1.82, 2.24) is 9.21 Å². The van der Waals surface area contributed by atoms with Gasteiger partial charge in [0.2, 0.25) is 15.9 Å². The summed E-state index contributed by atoms with van der Waals surface area (Å²) in [7, 11) is -1.60. The average Bonchev–Trinajstić information content (AvgIpc) is 3.27. The summed E-state index contributed by atoms with van der Waals surface area (Å²) in [4.78, 5) is 14.3. The molecule has 0 saturated carbocycles. The van der Waals surface area contributed by atoms with Gasteiger partial charge in [-0.1, -0.05) is 0 Å². The molecule has 2 aromatic rings. The van der Waals surface area contributed by atoms with E-state index in [-0.39, 0.29) is 17.3 Å². The molecule has 1 aromatic heterocycles. The zero-order chi connectivity index (χ0) is 19.4. The van der Waals surface area contributed by atoms with Crippen molar-refractivity contribution in [2.75, 3.05) is 32.0 Å². The number of furan rings is 1. The van der Waals surface area contributed by atoms with Crippen LogP contribution in [0.4, 0.5) is 5.69 Å². The number of nitrogens with one attached hydrogen (secondary N) is 1. The molecule has 7 nitrogen and oxygen atoms in total. The SMILES string of the molecule is Cc1ccc(CN(C)CC(=O)Nc2ccc(S(=O)(=O)N3CCCC3)cc2)o1. The van der Waals surface area contributed by atoms with Gasteiger partial charge in [0.15, 0.2) is 0 Å². The second-order valence-corrected chi connectivity index (χ2v) is 8.81. The van der Waals surface area contributed by atoms with Crippen LogP contribution in [0.3, 0.4) is 0 Å². The highest BCUT2D eigenvalue weighted by atomic mass is 32.2. The Hall–Kier alpha value is -2.16. The summed E-state index contributed by atoms with van der Waals surface area (Å²) in [5.41, 5.74) is 0.572. The molecule has 3 rings (SSSR count). The number of likely N-dealkylation sites (N-methyl/N-ethyl adjacent to an activating group) is 1. The number of amides is 1. The average molecular weight is 391 g/mol. The van der Waals surface area contributed by atoms with Crippen molar-refractivity contribution in [3.63, 3.8) is 0 Å². The third-order valence-electron chi connectivity index (χ3n) is 4.48. The van der Waals surface area contributed by atoms with Crippen molar-refractivity contribution in [1.29, 1.82) is 0 Å². The molecule has 0 unspecified atom stereocenters. The molecule has 8 heteroatoms. The van der Waals surface area contributed by atoms with Crippen LogP contribution in [0.1, 0.15) is 24.4 Å². The van der Waals surface area contributed by atoms with Gasteiger partial charge in [-0.3, -0.25) is 9.69 Å². The molecular formula is C19H25N3O4S. The topological polar surface area (TPSA) is 82.9 Å². The van der Waals surface area contributed by atoms with Crippen LogP contribution in [0.25, 0.3) is 0 Å². The maximum absolute atomic E-state index is 12.5. The number of benzene rings is 1. The molecule has 27 heavy (non-hydrogen) atoms. The maximum atomic E-state index is 12.5. The zero-order valence-corrected chi connectivity index (χ0v) is 16.5. The molecule has 1 aliphatic rings. The van der Waals surface area contributed by atoms with Gasteiger partial charge in [0.1, 0.15) is 11.5 Å². The van der Waals surface area contributed by atoms with Gasteiger partial charge in [-0.25, -0.2) is 8.42 Å². The van der Waals surface area contributed by atoms with E-state index in [1.54, 1.807) is 24.3 Å². The van der Waals surface area contributed by atoms with Crippen LogP contribution in [-0.2, 0) is 21.4 Å². The number of aryl methyl sites for hydroxylation is 1. The van der Waals surface area contributed by atoms with E-state index in [1.165, 1.54) is 4.31 Å². The van der Waals surface area contributed by atoms with E-state index < -0.39 is 10.0 Å². The lowest BCUT2D eigenvalue weighted by Crippen LogP contribution is -2.30. The zero-order valence-electron chi connectivity index (χ0n) is 15.6. The van der Waals surface area contributed by atoms with Crippen molar-refractivity contribution in [2.45, 2.75) is 31.2 Å². The summed E-state index contributed by atoms with van der Waals surface area (Å²) in [5, 5.41) is 2.79. The van der Waals surface area contributed by atoms with Crippen molar-refractivity contribution < 1.29 is 17.6 Å². The van der Waals surface area contributed by atoms with Crippen LogP contribution in [-0.4, -0.2) is 50.2 Å². The van der Waals surface area contributed by atoms with E-state index in [0.29, 0.717) is 25.3 Å². The summed E-state index contributed by atoms with van der Waals surface area (Å²) in [6, 6.07) is 10.1. The molecule has 1 aliphatic heterocycles. The van der Waals surface area contributed by atoms with E-state index in [2.05, 4.69) is 5.32 Å². The molecule has 1 aromatic carbocycles. The summed E-state index contributed by atoms with van der Waals surface area (Å²) in [6.45, 7) is 3.76. The van der Waals surface area contributed by atoms with Crippen LogP contribution in [0.2, 0.25) is 0 Å². The van der Waals surface area contributed by atoms with Gasteiger partial charge in [-0.15, -0.1) is 0 Å². The number of carbonyl (C=O) groups excluding carboxylic acids is 1. The minimum Gasteiger partial charge on any atom is -0.465 e. The summed E-state index contributed by atoms with van der Waals surface area (Å²) < 4.78 is 32.0. The first kappa shape index (κ1) is 19.6. The predicted molar refractivity (Wildman–Crippen MR) is 103 cm³/mol. The second-order valence-electron chi connectivity index (χ2n) is 6.87. The maximum Gasteiger partial charge on any atom is 0.243 e. The van der Waals surface area contributed by atoms with Crippen LogP contribution < -0.4 is 5.32 Å². The number of hydrogen-bond donors (Lipinski definition) is 1. The standard InChI is InChI=1S/C19H25N3O4S/c1-15-5-8-17(26-15)13-21(2)14-19(23)20-16-6-9-18(10-7-16)27(24,25)22-11-3-4-12-22/h5-10H,3-4,11-14H2,1-2H3,(H,20,23). The fourth-order valence-corrected chi connectivity index (χ4v) is 4.64. The summed E-state index contributed by atoms with van der Waals surface area (Å²) in [6.07, 6.45) is 1.80. The highest BCUT2D eigenvalue weighted by Crippen LogP contribution is 2.22. The lowest BCUT2D eigenvalue weighted by atomic mass is 10.3. The van der Waals surface area contributed by atoms with Gasteiger partial charge < -0.3 is 9.73 Å². The Kier molecular flexibility index (Phi) is 5.98. The van der Waals surface area contributed by atoms with E-state index in [0.717, 1.165) is 24.4 Å². The lowest BCUT2D eigenvalue weighted by Gasteiger charge is -2.16. The number of nitrogens with zero attached hydrogens (tertiary/aromatic N) is 2. The highest BCUT2D eigenvalue weighted by Gasteiger charge is 2.26. The monoisotopic (exact) mass is 391 g/mol. The van der Waals surface area contributed by atoms with Crippen molar-refractivity contribution in [3.8, 4) is 0 Å². The van der Waals surface area contributed by atoms with Gasteiger partial charge in [-0.05, 0) is 63.2 Å². The summed E-state index contributed by atoms with van der Waals surface area (Å²) in [5.74, 6) is 1.47. The quantitative estimate of drug-likeness (QED) is 0.784. The second kappa shape index (κ2) is 8.24. The Labute approximate surface area is 160 Å². The molecule has 0 atom stereocenters. The van der Waals surface area contributed by atoms with E-state index in [1.807, 2.05) is 31.0 Å². The lowest BCUT2D eigenvalue weighted by molar-refractivity contribution is -0.117. The van der Waals surface area contributed by atoms with Crippen molar-refractivity contribution in [2.24, 2.45) is 0 Å². The number of anilines is 1. The first-order valence-corrected chi connectivity index (χ1v) is 10.4. The molecule has 0 bridgehead atoms. The Morgan fingerprint density at radius 2 is 1.81 bits per heavy atom. The highest BCUT2D eigenvalue weighted by molar-refractivity contribution is 7.89. The van der Waals surface area contributed by atoms with Gasteiger partial charge >= 0.3 is 0 Å². The largest absolute Gasteiger partial charge is 0.465 e. The molecule has 1 amide bonds. The normalized spacial score (nSPS) is 15.4. The Bertz CT molecular complexity index is 884. The van der Waals surface area contributed by atoms with Gasteiger partial charge in [-0.2, -0.15) is 4.31 Å². The Morgan fingerprint density at radius 1 is 1.15 bits per heavy atom. The molecular weight excluding hydrogens is 366 g/mol. The molecule has 1 fully saturated rings. The van der Waals surface area contributed by atoms with E-state index >= 15 is 0 Å². The number of sulfonamides is 1. The predicted octanol–water partition coefficient (Wildman–Crippen LogP) is 2.44.